The minimum Gasteiger partial charge on any atom is -0.448 e. The number of benzene rings is 1. The Hall–Kier alpha value is -2.38. The number of rotatable bonds is 3. The van der Waals surface area contributed by atoms with Crippen molar-refractivity contribution in [3.05, 3.63) is 23.8 Å². The third-order valence-electron chi connectivity index (χ3n) is 2.39. The Morgan fingerprint density at radius 3 is 2.83 bits per heavy atom. The van der Waals surface area contributed by atoms with E-state index in [4.69, 9.17) is 11.5 Å². The van der Waals surface area contributed by atoms with E-state index in [1.807, 2.05) is 0 Å². The number of anilines is 1. The smallest absolute Gasteiger partial charge is 0.404 e. The number of aromatic nitrogens is 2. The SMILES string of the molecule is NC(=O)OCCn1c(N)nc2ccc(F)c(F)c21. The number of ether oxygens (including phenoxy) is 1. The van der Waals surface area contributed by atoms with E-state index in [0.717, 1.165) is 6.07 Å². The van der Waals surface area contributed by atoms with Gasteiger partial charge in [-0.05, 0) is 12.1 Å². The summed E-state index contributed by atoms with van der Waals surface area (Å²) in [5.74, 6) is -2.04. The average Bonchev–Trinajstić information content (AvgIpc) is 2.61. The Bertz CT molecular complexity index is 611. The van der Waals surface area contributed by atoms with Crippen molar-refractivity contribution in [2.24, 2.45) is 5.73 Å². The van der Waals surface area contributed by atoms with Gasteiger partial charge in [0.25, 0.3) is 0 Å². The number of hydrogen-bond donors (Lipinski definition) is 2. The summed E-state index contributed by atoms with van der Waals surface area (Å²) in [5.41, 5.74) is 10.5. The number of hydrogen-bond acceptors (Lipinski definition) is 4. The largest absolute Gasteiger partial charge is 0.448 e. The van der Waals surface area contributed by atoms with Crippen LogP contribution in [0.15, 0.2) is 12.1 Å². The zero-order chi connectivity index (χ0) is 13.3. The third-order valence-corrected chi connectivity index (χ3v) is 2.39. The number of halogens is 2. The van der Waals surface area contributed by atoms with Gasteiger partial charge in [-0.1, -0.05) is 0 Å². The van der Waals surface area contributed by atoms with Gasteiger partial charge in [-0.2, -0.15) is 0 Å². The molecule has 1 amide bonds. The van der Waals surface area contributed by atoms with Crippen molar-refractivity contribution in [1.29, 1.82) is 0 Å². The van der Waals surface area contributed by atoms with Crippen molar-refractivity contribution < 1.29 is 18.3 Å². The van der Waals surface area contributed by atoms with E-state index in [1.165, 1.54) is 10.6 Å². The molecule has 2 aromatic rings. The molecule has 0 fully saturated rings. The highest BCUT2D eigenvalue weighted by Crippen LogP contribution is 2.22. The van der Waals surface area contributed by atoms with Crippen LogP contribution in [0.3, 0.4) is 0 Å². The molecule has 96 valence electrons. The van der Waals surface area contributed by atoms with E-state index < -0.39 is 17.7 Å². The van der Waals surface area contributed by atoms with Crippen molar-refractivity contribution in [3.8, 4) is 0 Å². The lowest BCUT2D eigenvalue weighted by Crippen LogP contribution is -2.17. The standard InChI is InChI=1S/C10H10F2N4O2/c11-5-1-2-6-8(7(5)12)16(9(13)15-6)3-4-18-10(14)17/h1-2H,3-4H2,(H2,13,15)(H2,14,17). The number of nitrogens with two attached hydrogens (primary N) is 2. The van der Waals surface area contributed by atoms with Crippen LogP contribution in [0, 0.1) is 11.6 Å². The van der Waals surface area contributed by atoms with Gasteiger partial charge >= 0.3 is 6.09 Å². The van der Waals surface area contributed by atoms with Crippen molar-refractivity contribution >= 4 is 23.1 Å². The van der Waals surface area contributed by atoms with Gasteiger partial charge in [-0.25, -0.2) is 18.6 Å². The van der Waals surface area contributed by atoms with Gasteiger partial charge in [0.15, 0.2) is 11.6 Å². The number of imidazole rings is 1. The van der Waals surface area contributed by atoms with Crippen LogP contribution in [0.25, 0.3) is 11.0 Å². The van der Waals surface area contributed by atoms with Crippen molar-refractivity contribution in [1.82, 2.24) is 9.55 Å². The lowest BCUT2D eigenvalue weighted by atomic mass is 10.3. The molecule has 0 saturated heterocycles. The number of carbonyl (C=O) groups excluding carboxylic acids is 1. The monoisotopic (exact) mass is 256 g/mol. The highest BCUT2D eigenvalue weighted by atomic mass is 19.2. The first-order valence-corrected chi connectivity index (χ1v) is 5.02. The van der Waals surface area contributed by atoms with Crippen LogP contribution in [0.1, 0.15) is 0 Å². The van der Waals surface area contributed by atoms with Gasteiger partial charge in [-0.3, -0.25) is 0 Å². The van der Waals surface area contributed by atoms with Crippen LogP contribution in [0.2, 0.25) is 0 Å². The molecule has 8 heteroatoms. The molecule has 4 N–H and O–H groups in total. The fourth-order valence-electron chi connectivity index (χ4n) is 1.64. The second kappa shape index (κ2) is 4.47. The molecular formula is C10H10F2N4O2. The summed E-state index contributed by atoms with van der Waals surface area (Å²) >= 11 is 0. The summed E-state index contributed by atoms with van der Waals surface area (Å²) in [7, 11) is 0. The summed E-state index contributed by atoms with van der Waals surface area (Å²) in [6.07, 6.45) is -0.954. The predicted molar refractivity (Wildman–Crippen MR) is 59.6 cm³/mol. The maximum absolute atomic E-state index is 13.6. The molecule has 0 atom stereocenters. The number of nitrogens with zero attached hydrogens (tertiary/aromatic N) is 2. The number of amides is 1. The first-order chi connectivity index (χ1) is 8.50. The van der Waals surface area contributed by atoms with Crippen LogP contribution in [-0.4, -0.2) is 22.3 Å². The van der Waals surface area contributed by atoms with Crippen molar-refractivity contribution in [2.45, 2.75) is 6.54 Å². The minimum atomic E-state index is -1.05. The molecule has 1 aromatic carbocycles. The minimum absolute atomic E-state index is 0.00238. The second-order valence-electron chi connectivity index (χ2n) is 3.52. The second-order valence-corrected chi connectivity index (χ2v) is 3.52. The number of fused-ring (bicyclic) bond motifs is 1. The summed E-state index contributed by atoms with van der Waals surface area (Å²) < 4.78 is 32.5. The maximum Gasteiger partial charge on any atom is 0.404 e. The maximum atomic E-state index is 13.6. The molecule has 2 rings (SSSR count). The van der Waals surface area contributed by atoms with Crippen LogP contribution in [0.5, 0.6) is 0 Å². The lowest BCUT2D eigenvalue weighted by Gasteiger charge is -2.06. The first kappa shape index (κ1) is 12.1. The Morgan fingerprint density at radius 2 is 2.17 bits per heavy atom. The van der Waals surface area contributed by atoms with E-state index in [-0.39, 0.29) is 30.1 Å². The summed E-state index contributed by atoms with van der Waals surface area (Å²) in [6, 6.07) is 2.28. The molecule has 0 aliphatic rings. The van der Waals surface area contributed by atoms with Crippen LogP contribution in [-0.2, 0) is 11.3 Å². The molecule has 0 radical (unpaired) electrons. The van der Waals surface area contributed by atoms with Crippen LogP contribution in [0.4, 0.5) is 19.5 Å². The molecular weight excluding hydrogens is 246 g/mol. The quantitative estimate of drug-likeness (QED) is 0.855. The number of primary amides is 1. The van der Waals surface area contributed by atoms with Gasteiger partial charge < -0.3 is 20.8 Å². The Balaban J connectivity index is 2.39. The molecule has 0 aliphatic heterocycles. The van der Waals surface area contributed by atoms with Gasteiger partial charge in [0.05, 0.1) is 12.1 Å². The molecule has 0 unspecified atom stereocenters. The zero-order valence-electron chi connectivity index (χ0n) is 9.19. The Kier molecular flexibility index (Phi) is 3.00. The van der Waals surface area contributed by atoms with Crippen LogP contribution >= 0.6 is 0 Å². The highest BCUT2D eigenvalue weighted by Gasteiger charge is 2.15. The van der Waals surface area contributed by atoms with Crippen molar-refractivity contribution in [3.63, 3.8) is 0 Å². The van der Waals surface area contributed by atoms with E-state index >= 15 is 0 Å². The fraction of sp³-hybridized carbons (Fsp3) is 0.200. The molecule has 0 bridgehead atoms. The average molecular weight is 256 g/mol. The fourth-order valence-corrected chi connectivity index (χ4v) is 1.64. The zero-order valence-corrected chi connectivity index (χ0v) is 9.19. The summed E-state index contributed by atoms with van der Waals surface area (Å²) in [4.78, 5) is 14.3. The third kappa shape index (κ3) is 2.04. The topological polar surface area (TPSA) is 96.2 Å². The van der Waals surface area contributed by atoms with E-state index in [9.17, 15) is 13.6 Å². The summed E-state index contributed by atoms with van der Waals surface area (Å²) in [6.45, 7) is -0.0768. The van der Waals surface area contributed by atoms with Crippen LogP contribution < -0.4 is 11.5 Å². The normalized spacial score (nSPS) is 10.8. The molecule has 1 heterocycles. The first-order valence-electron chi connectivity index (χ1n) is 5.02. The molecule has 0 spiro atoms. The molecule has 18 heavy (non-hydrogen) atoms. The molecule has 0 aliphatic carbocycles. The Morgan fingerprint density at radius 1 is 1.44 bits per heavy atom. The van der Waals surface area contributed by atoms with Gasteiger partial charge in [0.1, 0.15) is 12.1 Å². The highest BCUT2D eigenvalue weighted by molar-refractivity contribution is 5.79. The van der Waals surface area contributed by atoms with Gasteiger partial charge in [0, 0.05) is 0 Å². The van der Waals surface area contributed by atoms with E-state index in [1.54, 1.807) is 0 Å². The molecule has 0 saturated carbocycles. The lowest BCUT2D eigenvalue weighted by molar-refractivity contribution is 0.153. The van der Waals surface area contributed by atoms with Gasteiger partial charge in [0.2, 0.25) is 5.95 Å². The number of nitrogen functional groups attached to an aromatic ring is 1. The van der Waals surface area contributed by atoms with E-state index in [2.05, 4.69) is 9.72 Å². The molecule has 1 aromatic heterocycles. The summed E-state index contributed by atoms with van der Waals surface area (Å²) in [5, 5.41) is 0. The van der Waals surface area contributed by atoms with Crippen molar-refractivity contribution in [2.75, 3.05) is 12.3 Å². The number of carbonyl (C=O) groups is 1. The van der Waals surface area contributed by atoms with E-state index in [0.29, 0.717) is 0 Å². The predicted octanol–water partition coefficient (Wildman–Crippen LogP) is 0.992. The molecule has 6 nitrogen and oxygen atoms in total. The van der Waals surface area contributed by atoms with Gasteiger partial charge in [-0.15, -0.1) is 0 Å². The Labute approximate surface area is 100 Å².